The van der Waals surface area contributed by atoms with Crippen molar-refractivity contribution in [2.45, 2.75) is 13.1 Å². The zero-order chi connectivity index (χ0) is 25.2. The molecule has 0 radical (unpaired) electrons. The molecule has 1 amide bonds. The molecular weight excluding hydrogens is 530 g/mol. The Balaban J connectivity index is 1.29. The number of carbonyl (C=O) groups is 1. The minimum Gasteiger partial charge on any atom is -0.493 e. The second kappa shape index (κ2) is 9.78. The molecule has 3 aromatic heterocycles. The summed E-state index contributed by atoms with van der Waals surface area (Å²) in [5.74, 6) is -0.166. The second-order valence-electron chi connectivity index (χ2n) is 7.99. The third kappa shape index (κ3) is 4.52. The monoisotopic (exact) mass is 549 g/mol. The largest absolute Gasteiger partial charge is 0.493 e. The molecule has 3 heterocycles. The Labute approximate surface area is 212 Å². The van der Waals surface area contributed by atoms with E-state index in [1.807, 2.05) is 24.3 Å². The van der Waals surface area contributed by atoms with E-state index in [1.54, 1.807) is 18.2 Å². The van der Waals surface area contributed by atoms with Gasteiger partial charge < -0.3 is 14.5 Å². The van der Waals surface area contributed by atoms with E-state index >= 15 is 0 Å². The number of fused-ring (bicyclic) bond motifs is 2. The van der Waals surface area contributed by atoms with Gasteiger partial charge in [0, 0.05) is 16.4 Å². The van der Waals surface area contributed by atoms with Gasteiger partial charge >= 0.3 is 5.63 Å². The number of nitrogens with one attached hydrogen (secondary N) is 1. The van der Waals surface area contributed by atoms with Gasteiger partial charge in [-0.25, -0.2) is 14.5 Å². The number of halogens is 1. The Morgan fingerprint density at radius 2 is 1.97 bits per heavy atom. The van der Waals surface area contributed by atoms with Crippen LogP contribution in [0.4, 0.5) is 0 Å². The van der Waals surface area contributed by atoms with E-state index in [1.165, 1.54) is 34.9 Å². The summed E-state index contributed by atoms with van der Waals surface area (Å²) >= 11 is 3.40. The molecule has 1 N–H and O–H groups in total. The van der Waals surface area contributed by atoms with Crippen LogP contribution in [-0.4, -0.2) is 38.9 Å². The van der Waals surface area contributed by atoms with Crippen molar-refractivity contribution in [2.75, 3.05) is 13.7 Å². The first-order chi connectivity index (χ1) is 17.4. The van der Waals surface area contributed by atoms with E-state index in [0.717, 1.165) is 10.0 Å². The molecular formula is C25H20BrN5O5. The molecule has 5 rings (SSSR count). The number of aromatic nitrogens is 4. The highest BCUT2D eigenvalue weighted by Gasteiger charge is 2.16. The van der Waals surface area contributed by atoms with Crippen LogP contribution in [0.3, 0.4) is 0 Å². The standard InChI is InChI=1S/C25H20BrN5O5/c1-35-20-4-2-3-16-11-18(25(34)36-21(16)20)23(32)27-9-10-31-22-19(12-29-31)24(33)30(14-28-22)13-15-5-7-17(26)8-6-15/h2-8,11-12,14H,9-10,13H2,1H3,(H,27,32). The molecule has 11 heteroatoms. The Hall–Kier alpha value is -4.25. The van der Waals surface area contributed by atoms with Crippen molar-refractivity contribution in [1.29, 1.82) is 0 Å². The molecule has 0 spiro atoms. The number of amides is 1. The molecule has 0 aliphatic heterocycles. The average Bonchev–Trinajstić information content (AvgIpc) is 3.30. The summed E-state index contributed by atoms with van der Waals surface area (Å²) in [6.07, 6.45) is 2.95. The summed E-state index contributed by atoms with van der Waals surface area (Å²) in [7, 11) is 1.47. The second-order valence-corrected chi connectivity index (χ2v) is 8.91. The highest BCUT2D eigenvalue weighted by molar-refractivity contribution is 9.10. The van der Waals surface area contributed by atoms with Crippen LogP contribution in [0.5, 0.6) is 5.75 Å². The zero-order valence-corrected chi connectivity index (χ0v) is 20.7. The van der Waals surface area contributed by atoms with Crippen molar-refractivity contribution in [3.05, 3.63) is 97.4 Å². The molecule has 0 bridgehead atoms. The summed E-state index contributed by atoms with van der Waals surface area (Å²) in [6, 6.07) is 14.3. The van der Waals surface area contributed by atoms with E-state index < -0.39 is 11.5 Å². The summed E-state index contributed by atoms with van der Waals surface area (Å²) in [4.78, 5) is 42.3. The topological polar surface area (TPSA) is 121 Å². The first-order valence-electron chi connectivity index (χ1n) is 11.0. The van der Waals surface area contributed by atoms with Gasteiger partial charge in [0.15, 0.2) is 17.0 Å². The fourth-order valence-corrected chi connectivity index (χ4v) is 4.13. The first kappa shape index (κ1) is 23.5. The van der Waals surface area contributed by atoms with E-state index in [2.05, 4.69) is 31.3 Å². The molecule has 0 saturated carbocycles. The SMILES string of the molecule is COc1cccc2cc(C(=O)NCCn3ncc4c(=O)n(Cc5ccc(Br)cc5)cnc43)c(=O)oc12. The zero-order valence-electron chi connectivity index (χ0n) is 19.1. The van der Waals surface area contributed by atoms with Gasteiger partial charge in [0.05, 0.1) is 26.4 Å². The quantitative estimate of drug-likeness (QED) is 0.310. The highest BCUT2D eigenvalue weighted by atomic mass is 79.9. The summed E-state index contributed by atoms with van der Waals surface area (Å²) in [5, 5.41) is 7.90. The summed E-state index contributed by atoms with van der Waals surface area (Å²) in [5.41, 5.74) is 0.577. The van der Waals surface area contributed by atoms with E-state index in [0.29, 0.717) is 28.7 Å². The number of hydrogen-bond donors (Lipinski definition) is 1. The Kier molecular flexibility index (Phi) is 6.38. The van der Waals surface area contributed by atoms with Crippen molar-refractivity contribution in [2.24, 2.45) is 0 Å². The lowest BCUT2D eigenvalue weighted by Crippen LogP contribution is -2.31. The third-order valence-corrected chi connectivity index (χ3v) is 6.21. The predicted octanol–water partition coefficient (Wildman–Crippen LogP) is 2.95. The Morgan fingerprint density at radius 1 is 1.17 bits per heavy atom. The molecule has 36 heavy (non-hydrogen) atoms. The Morgan fingerprint density at radius 3 is 2.75 bits per heavy atom. The van der Waals surface area contributed by atoms with E-state index in [9.17, 15) is 14.4 Å². The molecule has 0 unspecified atom stereocenters. The Bertz CT molecular complexity index is 1700. The lowest BCUT2D eigenvalue weighted by Gasteiger charge is -2.08. The average molecular weight is 550 g/mol. The molecule has 0 aliphatic rings. The number of rotatable bonds is 7. The maximum atomic E-state index is 12.9. The van der Waals surface area contributed by atoms with Crippen molar-refractivity contribution in [1.82, 2.24) is 24.6 Å². The van der Waals surface area contributed by atoms with Gasteiger partial charge in [-0.05, 0) is 29.8 Å². The molecule has 0 fully saturated rings. The van der Waals surface area contributed by atoms with Crippen LogP contribution in [0.2, 0.25) is 0 Å². The molecule has 0 atom stereocenters. The van der Waals surface area contributed by atoms with Crippen LogP contribution in [-0.2, 0) is 13.1 Å². The van der Waals surface area contributed by atoms with Gasteiger partial charge in [0.2, 0.25) is 0 Å². The number of para-hydroxylation sites is 1. The number of carbonyl (C=O) groups excluding carboxylic acids is 1. The number of hydrogen-bond acceptors (Lipinski definition) is 7. The first-order valence-corrected chi connectivity index (χ1v) is 11.8. The lowest BCUT2D eigenvalue weighted by molar-refractivity contribution is 0.0948. The van der Waals surface area contributed by atoms with Crippen molar-refractivity contribution >= 4 is 43.8 Å². The van der Waals surface area contributed by atoms with Gasteiger partial charge in [-0.15, -0.1) is 0 Å². The molecule has 10 nitrogen and oxygen atoms in total. The number of ether oxygens (including phenoxy) is 1. The van der Waals surface area contributed by atoms with Gasteiger partial charge in [-0.1, -0.05) is 40.2 Å². The van der Waals surface area contributed by atoms with Crippen molar-refractivity contribution in [3.8, 4) is 5.75 Å². The van der Waals surface area contributed by atoms with Crippen LogP contribution >= 0.6 is 15.9 Å². The fraction of sp³-hybridized carbons (Fsp3) is 0.160. The highest BCUT2D eigenvalue weighted by Crippen LogP contribution is 2.24. The number of nitrogens with zero attached hydrogens (tertiary/aromatic N) is 4. The fourth-order valence-electron chi connectivity index (χ4n) is 3.87. The minimum atomic E-state index is -0.762. The maximum absolute atomic E-state index is 12.9. The number of benzene rings is 2. The summed E-state index contributed by atoms with van der Waals surface area (Å²) < 4.78 is 14.5. The predicted molar refractivity (Wildman–Crippen MR) is 136 cm³/mol. The normalized spacial score (nSPS) is 11.2. The minimum absolute atomic E-state index is 0.116. The van der Waals surface area contributed by atoms with Gasteiger partial charge in [-0.2, -0.15) is 5.10 Å². The van der Waals surface area contributed by atoms with E-state index in [4.69, 9.17) is 9.15 Å². The van der Waals surface area contributed by atoms with Gasteiger partial charge in [-0.3, -0.25) is 14.2 Å². The van der Waals surface area contributed by atoms with Crippen LogP contribution in [0, 0.1) is 0 Å². The van der Waals surface area contributed by atoms with Crippen LogP contribution in [0.1, 0.15) is 15.9 Å². The van der Waals surface area contributed by atoms with Crippen LogP contribution in [0.15, 0.2) is 79.5 Å². The van der Waals surface area contributed by atoms with Crippen molar-refractivity contribution < 1.29 is 13.9 Å². The van der Waals surface area contributed by atoms with Gasteiger partial charge in [0.25, 0.3) is 11.5 Å². The molecule has 182 valence electrons. The number of methoxy groups -OCH3 is 1. The lowest BCUT2D eigenvalue weighted by atomic mass is 10.1. The smallest absolute Gasteiger partial charge is 0.349 e. The third-order valence-electron chi connectivity index (χ3n) is 5.69. The summed E-state index contributed by atoms with van der Waals surface area (Å²) in [6.45, 7) is 0.802. The maximum Gasteiger partial charge on any atom is 0.349 e. The van der Waals surface area contributed by atoms with Crippen LogP contribution in [0.25, 0.3) is 22.0 Å². The van der Waals surface area contributed by atoms with Gasteiger partial charge in [0.1, 0.15) is 17.3 Å². The van der Waals surface area contributed by atoms with Crippen molar-refractivity contribution in [3.63, 3.8) is 0 Å². The molecule has 0 saturated heterocycles. The van der Waals surface area contributed by atoms with E-state index in [-0.39, 0.29) is 29.8 Å². The van der Waals surface area contributed by atoms with Crippen LogP contribution < -0.4 is 21.2 Å². The molecule has 5 aromatic rings. The molecule has 2 aromatic carbocycles. The molecule has 0 aliphatic carbocycles.